The second-order valence-electron chi connectivity index (χ2n) is 10.5. The number of hydrogen-bond donors (Lipinski definition) is 2. The Labute approximate surface area is 184 Å². The number of rotatable bonds is 7. The summed E-state index contributed by atoms with van der Waals surface area (Å²) in [6.45, 7) is 1.22. The molecule has 6 rings (SSSR count). The fourth-order valence-corrected chi connectivity index (χ4v) is 7.07. The molecule has 166 valence electrons. The molecule has 4 bridgehead atoms. The van der Waals surface area contributed by atoms with E-state index in [2.05, 4.69) is 10.6 Å². The summed E-state index contributed by atoms with van der Waals surface area (Å²) in [7, 11) is 0. The number of carbonyl (C=O) groups excluding carboxylic acids is 3. The lowest BCUT2D eigenvalue weighted by molar-refractivity contribution is -0.132. The second kappa shape index (κ2) is 8.29. The normalized spacial score (nSPS) is 31.2. The Kier molecular flexibility index (Phi) is 5.49. The standard InChI is InChI=1S/C25H33N3O3/c29-22(14-25-11-18-8-19(12-25)10-20(9-18)13-25)27-16-23(30)26-15-17-3-5-21(6-4-17)28-7-1-2-24(28)31/h3-6,18-20H,1-2,7-16H2,(H,26,30)(H,27,29). The maximum absolute atomic E-state index is 12.6. The summed E-state index contributed by atoms with van der Waals surface area (Å²) >= 11 is 0. The maximum atomic E-state index is 12.6. The molecule has 0 atom stereocenters. The summed E-state index contributed by atoms with van der Waals surface area (Å²) in [6.07, 6.45) is 9.85. The van der Waals surface area contributed by atoms with E-state index in [9.17, 15) is 14.4 Å². The van der Waals surface area contributed by atoms with E-state index >= 15 is 0 Å². The molecule has 1 aliphatic heterocycles. The van der Waals surface area contributed by atoms with Crippen LogP contribution in [0.4, 0.5) is 5.69 Å². The van der Waals surface area contributed by atoms with Crippen LogP contribution in [0, 0.1) is 23.2 Å². The Morgan fingerprint density at radius 2 is 1.58 bits per heavy atom. The van der Waals surface area contributed by atoms with E-state index in [1.54, 1.807) is 0 Å². The summed E-state index contributed by atoms with van der Waals surface area (Å²) in [6, 6.07) is 7.73. The van der Waals surface area contributed by atoms with Crippen LogP contribution in [-0.4, -0.2) is 30.8 Å². The topological polar surface area (TPSA) is 78.5 Å². The minimum atomic E-state index is -0.169. The first kappa shape index (κ1) is 20.5. The van der Waals surface area contributed by atoms with Crippen LogP contribution in [0.5, 0.6) is 0 Å². The highest BCUT2D eigenvalue weighted by Crippen LogP contribution is 2.61. The number of hydrogen-bond acceptors (Lipinski definition) is 3. The fraction of sp³-hybridized carbons (Fsp3) is 0.640. The summed E-state index contributed by atoms with van der Waals surface area (Å²) in [5, 5.41) is 5.73. The molecular formula is C25H33N3O3. The van der Waals surface area contributed by atoms with Gasteiger partial charge >= 0.3 is 0 Å². The maximum Gasteiger partial charge on any atom is 0.239 e. The average molecular weight is 424 g/mol. The van der Waals surface area contributed by atoms with Crippen molar-refractivity contribution < 1.29 is 14.4 Å². The zero-order valence-corrected chi connectivity index (χ0v) is 18.2. The van der Waals surface area contributed by atoms with E-state index in [4.69, 9.17) is 0 Å². The molecule has 1 heterocycles. The number of carbonyl (C=O) groups is 3. The van der Waals surface area contributed by atoms with E-state index in [1.165, 1.54) is 38.5 Å². The molecule has 5 fully saturated rings. The van der Waals surface area contributed by atoms with Crippen LogP contribution in [0.25, 0.3) is 0 Å². The lowest BCUT2D eigenvalue weighted by atomic mass is 9.49. The Morgan fingerprint density at radius 1 is 0.935 bits per heavy atom. The molecule has 0 aromatic heterocycles. The first-order valence-corrected chi connectivity index (χ1v) is 11.9. The van der Waals surface area contributed by atoms with Crippen LogP contribution in [0.15, 0.2) is 24.3 Å². The number of nitrogens with one attached hydrogen (secondary N) is 2. The van der Waals surface area contributed by atoms with Crippen molar-refractivity contribution in [3.05, 3.63) is 29.8 Å². The monoisotopic (exact) mass is 423 g/mol. The van der Waals surface area contributed by atoms with E-state index in [1.807, 2.05) is 29.2 Å². The van der Waals surface area contributed by atoms with Crippen LogP contribution < -0.4 is 15.5 Å². The third-order valence-electron chi connectivity index (χ3n) is 7.96. The van der Waals surface area contributed by atoms with Crippen molar-refractivity contribution in [2.45, 2.75) is 64.3 Å². The molecule has 3 amide bonds. The third kappa shape index (κ3) is 4.48. The number of amides is 3. The van der Waals surface area contributed by atoms with Crippen LogP contribution >= 0.6 is 0 Å². The van der Waals surface area contributed by atoms with Gasteiger partial charge in [0, 0.05) is 31.6 Å². The predicted molar refractivity (Wildman–Crippen MR) is 118 cm³/mol. The Balaban J connectivity index is 1.05. The highest BCUT2D eigenvalue weighted by atomic mass is 16.2. The van der Waals surface area contributed by atoms with Crippen molar-refractivity contribution in [3.8, 4) is 0 Å². The van der Waals surface area contributed by atoms with Crippen molar-refractivity contribution >= 4 is 23.4 Å². The minimum Gasteiger partial charge on any atom is -0.350 e. The molecule has 0 unspecified atom stereocenters. The molecule has 0 radical (unpaired) electrons. The third-order valence-corrected chi connectivity index (χ3v) is 7.96. The lowest BCUT2D eigenvalue weighted by Crippen LogP contribution is -2.48. The van der Waals surface area contributed by atoms with Crippen LogP contribution in [0.3, 0.4) is 0 Å². The molecule has 1 aromatic carbocycles. The van der Waals surface area contributed by atoms with Crippen LogP contribution in [-0.2, 0) is 20.9 Å². The van der Waals surface area contributed by atoms with Crippen molar-refractivity contribution in [3.63, 3.8) is 0 Å². The Hall–Kier alpha value is -2.37. The molecule has 1 aromatic rings. The van der Waals surface area contributed by atoms with Gasteiger partial charge in [-0.2, -0.15) is 0 Å². The summed E-state index contributed by atoms with van der Waals surface area (Å²) in [5.41, 5.74) is 2.09. The molecule has 4 saturated carbocycles. The Morgan fingerprint density at radius 3 is 2.16 bits per heavy atom. The van der Waals surface area contributed by atoms with Crippen molar-refractivity contribution in [1.29, 1.82) is 0 Å². The van der Waals surface area contributed by atoms with Crippen molar-refractivity contribution in [2.75, 3.05) is 18.0 Å². The largest absolute Gasteiger partial charge is 0.350 e. The summed E-state index contributed by atoms with van der Waals surface area (Å²) in [4.78, 5) is 38.4. The van der Waals surface area contributed by atoms with Gasteiger partial charge < -0.3 is 15.5 Å². The summed E-state index contributed by atoms with van der Waals surface area (Å²) < 4.78 is 0. The van der Waals surface area contributed by atoms with E-state index in [-0.39, 0.29) is 29.7 Å². The van der Waals surface area contributed by atoms with E-state index in [0.717, 1.165) is 42.0 Å². The van der Waals surface area contributed by atoms with Gasteiger partial charge in [-0.25, -0.2) is 0 Å². The van der Waals surface area contributed by atoms with Crippen molar-refractivity contribution in [1.82, 2.24) is 10.6 Å². The molecule has 31 heavy (non-hydrogen) atoms. The van der Waals surface area contributed by atoms with Crippen LogP contribution in [0.1, 0.15) is 63.4 Å². The highest BCUT2D eigenvalue weighted by Gasteiger charge is 2.51. The van der Waals surface area contributed by atoms with Gasteiger partial charge in [-0.05, 0) is 85.8 Å². The zero-order chi connectivity index (χ0) is 21.4. The molecule has 6 nitrogen and oxygen atoms in total. The first-order valence-electron chi connectivity index (χ1n) is 11.9. The minimum absolute atomic E-state index is 0.0248. The predicted octanol–water partition coefficient (Wildman–Crippen LogP) is 3.15. The van der Waals surface area contributed by atoms with Gasteiger partial charge in [0.25, 0.3) is 0 Å². The molecule has 6 heteroatoms. The van der Waals surface area contributed by atoms with Crippen molar-refractivity contribution in [2.24, 2.45) is 23.2 Å². The molecule has 4 aliphatic carbocycles. The SMILES string of the molecule is O=C(CNC(=O)CC12CC3CC(CC(C3)C1)C2)NCc1ccc(N2CCCC2=O)cc1. The van der Waals surface area contributed by atoms with Gasteiger partial charge in [0.05, 0.1) is 6.54 Å². The number of benzene rings is 1. The smallest absolute Gasteiger partial charge is 0.239 e. The Bertz CT molecular complexity index is 828. The van der Waals surface area contributed by atoms with Gasteiger partial charge in [0.15, 0.2) is 0 Å². The second-order valence-corrected chi connectivity index (χ2v) is 10.5. The molecule has 0 spiro atoms. The van der Waals surface area contributed by atoms with Gasteiger partial charge in [-0.3, -0.25) is 14.4 Å². The molecule has 2 N–H and O–H groups in total. The van der Waals surface area contributed by atoms with E-state index in [0.29, 0.717) is 19.4 Å². The van der Waals surface area contributed by atoms with Crippen LogP contribution in [0.2, 0.25) is 0 Å². The molecular weight excluding hydrogens is 390 g/mol. The molecule has 1 saturated heterocycles. The zero-order valence-electron chi connectivity index (χ0n) is 18.2. The van der Waals surface area contributed by atoms with Gasteiger partial charge in [0.2, 0.25) is 17.7 Å². The number of anilines is 1. The number of nitrogens with zero attached hydrogens (tertiary/aromatic N) is 1. The average Bonchev–Trinajstić information content (AvgIpc) is 3.15. The van der Waals surface area contributed by atoms with E-state index < -0.39 is 0 Å². The van der Waals surface area contributed by atoms with Gasteiger partial charge in [-0.15, -0.1) is 0 Å². The molecule has 5 aliphatic rings. The fourth-order valence-electron chi connectivity index (χ4n) is 7.07. The lowest BCUT2D eigenvalue weighted by Gasteiger charge is -2.56. The summed E-state index contributed by atoms with van der Waals surface area (Å²) in [5.74, 6) is 2.52. The van der Waals surface area contributed by atoms with Gasteiger partial charge in [-0.1, -0.05) is 12.1 Å². The first-order chi connectivity index (χ1) is 15.0. The quantitative estimate of drug-likeness (QED) is 0.707. The van der Waals surface area contributed by atoms with Gasteiger partial charge in [0.1, 0.15) is 0 Å². The highest BCUT2D eigenvalue weighted by molar-refractivity contribution is 5.95.